The number of hydrogen-bond acceptors (Lipinski definition) is 3. The Kier molecular flexibility index (Phi) is 3.72. The Morgan fingerprint density at radius 2 is 2.55 bits per heavy atom. The zero-order valence-corrected chi connectivity index (χ0v) is 7.19. The van der Waals surface area contributed by atoms with Crippen molar-refractivity contribution in [3.8, 4) is 0 Å². The van der Waals surface area contributed by atoms with E-state index in [2.05, 4.69) is 5.32 Å². The van der Waals surface area contributed by atoms with E-state index in [-0.39, 0.29) is 5.75 Å². The molecule has 1 atom stereocenters. The van der Waals surface area contributed by atoms with Crippen LogP contribution in [0.4, 0.5) is 0 Å². The van der Waals surface area contributed by atoms with Crippen LogP contribution in [-0.2, 0) is 4.79 Å². The SMILES string of the molecule is O=C(O)CS[C@H]1CCCNC1. The largest absolute Gasteiger partial charge is 0.481 e. The van der Waals surface area contributed by atoms with E-state index >= 15 is 0 Å². The summed E-state index contributed by atoms with van der Waals surface area (Å²) in [6.45, 7) is 2.06. The first-order chi connectivity index (χ1) is 5.29. The number of hydrogen-bond donors (Lipinski definition) is 2. The molecule has 0 bridgehead atoms. The van der Waals surface area contributed by atoms with Gasteiger partial charge in [-0.05, 0) is 19.4 Å². The number of thioether (sulfide) groups is 1. The van der Waals surface area contributed by atoms with Gasteiger partial charge >= 0.3 is 5.97 Å². The van der Waals surface area contributed by atoms with Gasteiger partial charge in [-0.1, -0.05) is 0 Å². The van der Waals surface area contributed by atoms with E-state index < -0.39 is 5.97 Å². The fraction of sp³-hybridized carbons (Fsp3) is 0.857. The van der Waals surface area contributed by atoms with E-state index in [0.717, 1.165) is 19.5 Å². The van der Waals surface area contributed by atoms with Gasteiger partial charge in [0.05, 0.1) is 5.75 Å². The number of carboxylic acids is 1. The van der Waals surface area contributed by atoms with Crippen LogP contribution in [0.5, 0.6) is 0 Å². The smallest absolute Gasteiger partial charge is 0.313 e. The molecule has 1 heterocycles. The molecule has 0 aliphatic carbocycles. The predicted molar refractivity (Wildman–Crippen MR) is 46.0 cm³/mol. The number of carboxylic acid groups (broad SMARTS) is 1. The van der Waals surface area contributed by atoms with Crippen LogP contribution in [0.2, 0.25) is 0 Å². The Balaban J connectivity index is 2.09. The third-order valence-corrected chi connectivity index (χ3v) is 2.98. The molecule has 64 valence electrons. The van der Waals surface area contributed by atoms with Crippen molar-refractivity contribution in [1.82, 2.24) is 5.32 Å². The third kappa shape index (κ3) is 3.62. The first-order valence-electron chi connectivity index (χ1n) is 3.83. The van der Waals surface area contributed by atoms with Crippen molar-refractivity contribution in [2.45, 2.75) is 18.1 Å². The molecular formula is C7H13NO2S. The molecule has 0 aromatic rings. The molecule has 3 nitrogen and oxygen atoms in total. The fourth-order valence-electron chi connectivity index (χ4n) is 1.15. The second kappa shape index (κ2) is 4.62. The molecule has 2 N–H and O–H groups in total. The van der Waals surface area contributed by atoms with Crippen molar-refractivity contribution in [1.29, 1.82) is 0 Å². The lowest BCUT2D eigenvalue weighted by Gasteiger charge is -2.21. The Morgan fingerprint density at radius 1 is 1.73 bits per heavy atom. The van der Waals surface area contributed by atoms with Gasteiger partial charge < -0.3 is 10.4 Å². The third-order valence-electron chi connectivity index (χ3n) is 1.69. The van der Waals surface area contributed by atoms with E-state index in [0.29, 0.717) is 5.25 Å². The van der Waals surface area contributed by atoms with Crippen molar-refractivity contribution in [2.75, 3.05) is 18.8 Å². The molecule has 1 aliphatic rings. The molecule has 1 fully saturated rings. The Bertz CT molecular complexity index is 134. The predicted octanol–water partition coefficient (Wildman–Crippen LogP) is 0.556. The maximum atomic E-state index is 10.2. The Labute approximate surface area is 70.6 Å². The molecule has 0 radical (unpaired) electrons. The van der Waals surface area contributed by atoms with Gasteiger partial charge in [0.15, 0.2) is 0 Å². The second-order valence-corrected chi connectivity index (χ2v) is 3.96. The standard InChI is InChI=1S/C7H13NO2S/c9-7(10)5-11-6-2-1-3-8-4-6/h6,8H,1-5H2,(H,9,10)/t6-/m0/s1. The van der Waals surface area contributed by atoms with Crippen LogP contribution in [0.15, 0.2) is 0 Å². The first kappa shape index (κ1) is 8.87. The van der Waals surface area contributed by atoms with Crippen molar-refractivity contribution in [3.63, 3.8) is 0 Å². The summed E-state index contributed by atoms with van der Waals surface area (Å²) in [6.07, 6.45) is 2.34. The topological polar surface area (TPSA) is 49.3 Å². The molecule has 4 heteroatoms. The molecule has 0 aromatic carbocycles. The average Bonchev–Trinajstić information content (AvgIpc) is 2.03. The molecule has 0 amide bonds. The maximum absolute atomic E-state index is 10.2. The zero-order chi connectivity index (χ0) is 8.10. The lowest BCUT2D eigenvalue weighted by atomic mass is 10.2. The van der Waals surface area contributed by atoms with E-state index in [9.17, 15) is 4.79 Å². The molecular weight excluding hydrogens is 162 g/mol. The van der Waals surface area contributed by atoms with Gasteiger partial charge in [-0.15, -0.1) is 11.8 Å². The first-order valence-corrected chi connectivity index (χ1v) is 4.88. The van der Waals surface area contributed by atoms with Gasteiger partial charge in [0.1, 0.15) is 0 Å². The molecule has 11 heavy (non-hydrogen) atoms. The molecule has 1 aliphatic heterocycles. The minimum Gasteiger partial charge on any atom is -0.481 e. The molecule has 0 saturated carbocycles. The fourth-order valence-corrected chi connectivity index (χ4v) is 2.10. The second-order valence-electron chi connectivity index (χ2n) is 2.67. The summed E-state index contributed by atoms with van der Waals surface area (Å²) in [5, 5.41) is 12.2. The maximum Gasteiger partial charge on any atom is 0.313 e. The Hall–Kier alpha value is -0.220. The zero-order valence-electron chi connectivity index (χ0n) is 6.38. The molecule has 1 rings (SSSR count). The van der Waals surface area contributed by atoms with Crippen LogP contribution in [0.1, 0.15) is 12.8 Å². The number of nitrogens with one attached hydrogen (secondary N) is 1. The summed E-state index contributed by atoms with van der Waals surface area (Å²) >= 11 is 1.54. The van der Waals surface area contributed by atoms with Gasteiger partial charge in [0.25, 0.3) is 0 Å². The average molecular weight is 175 g/mol. The van der Waals surface area contributed by atoms with Crippen LogP contribution in [0, 0.1) is 0 Å². The highest BCUT2D eigenvalue weighted by molar-refractivity contribution is 8.00. The van der Waals surface area contributed by atoms with Crippen LogP contribution in [0.3, 0.4) is 0 Å². The van der Waals surface area contributed by atoms with Gasteiger partial charge in [-0.3, -0.25) is 4.79 Å². The van der Waals surface area contributed by atoms with E-state index in [4.69, 9.17) is 5.11 Å². The van der Waals surface area contributed by atoms with Gasteiger partial charge in [-0.2, -0.15) is 0 Å². The van der Waals surface area contributed by atoms with Gasteiger partial charge in [0, 0.05) is 11.8 Å². The van der Waals surface area contributed by atoms with Crippen LogP contribution in [-0.4, -0.2) is 35.2 Å². The van der Waals surface area contributed by atoms with E-state index in [1.807, 2.05) is 0 Å². The number of carbonyl (C=O) groups is 1. The minimum atomic E-state index is -0.708. The van der Waals surface area contributed by atoms with Gasteiger partial charge in [0.2, 0.25) is 0 Å². The van der Waals surface area contributed by atoms with Gasteiger partial charge in [-0.25, -0.2) is 0 Å². The summed E-state index contributed by atoms with van der Waals surface area (Å²) in [4.78, 5) is 10.2. The summed E-state index contributed by atoms with van der Waals surface area (Å²) < 4.78 is 0. The van der Waals surface area contributed by atoms with Crippen LogP contribution in [0.25, 0.3) is 0 Å². The quantitative estimate of drug-likeness (QED) is 0.658. The van der Waals surface area contributed by atoms with Crippen molar-refractivity contribution >= 4 is 17.7 Å². The summed E-state index contributed by atoms with van der Waals surface area (Å²) in [7, 11) is 0. The van der Waals surface area contributed by atoms with Crippen LogP contribution >= 0.6 is 11.8 Å². The normalized spacial score (nSPS) is 24.9. The van der Waals surface area contributed by atoms with Crippen LogP contribution < -0.4 is 5.32 Å². The highest BCUT2D eigenvalue weighted by atomic mass is 32.2. The monoisotopic (exact) mass is 175 g/mol. The summed E-state index contributed by atoms with van der Waals surface area (Å²) in [5.74, 6) is -0.465. The number of aliphatic carboxylic acids is 1. The van der Waals surface area contributed by atoms with Crippen molar-refractivity contribution < 1.29 is 9.90 Å². The van der Waals surface area contributed by atoms with E-state index in [1.165, 1.54) is 6.42 Å². The van der Waals surface area contributed by atoms with Crippen molar-refractivity contribution in [3.05, 3.63) is 0 Å². The minimum absolute atomic E-state index is 0.242. The highest BCUT2D eigenvalue weighted by Crippen LogP contribution is 2.17. The number of piperidine rings is 1. The summed E-state index contributed by atoms with van der Waals surface area (Å²) in [6, 6.07) is 0. The molecule has 0 unspecified atom stereocenters. The van der Waals surface area contributed by atoms with E-state index in [1.54, 1.807) is 11.8 Å². The molecule has 1 saturated heterocycles. The van der Waals surface area contributed by atoms with Crippen molar-refractivity contribution in [2.24, 2.45) is 0 Å². The Morgan fingerprint density at radius 3 is 3.09 bits per heavy atom. The lowest BCUT2D eigenvalue weighted by Crippen LogP contribution is -2.32. The highest BCUT2D eigenvalue weighted by Gasteiger charge is 2.13. The summed E-state index contributed by atoms with van der Waals surface area (Å²) in [5.41, 5.74) is 0. The molecule has 0 aromatic heterocycles. The molecule has 0 spiro atoms. The lowest BCUT2D eigenvalue weighted by molar-refractivity contribution is -0.133. The number of rotatable bonds is 3.